The van der Waals surface area contributed by atoms with E-state index in [-0.39, 0.29) is 18.9 Å². The number of aliphatic carboxylic acids is 1. The van der Waals surface area contributed by atoms with Crippen molar-refractivity contribution in [2.24, 2.45) is 0 Å². The number of benzene rings is 1. The van der Waals surface area contributed by atoms with Crippen molar-refractivity contribution in [3.05, 3.63) is 34.3 Å². The van der Waals surface area contributed by atoms with Gasteiger partial charge in [-0.1, -0.05) is 23.7 Å². The van der Waals surface area contributed by atoms with Gasteiger partial charge < -0.3 is 14.7 Å². The number of hydrogen-bond donors (Lipinski definition) is 1. The van der Waals surface area contributed by atoms with Crippen LogP contribution in [0.3, 0.4) is 0 Å². The van der Waals surface area contributed by atoms with Crippen molar-refractivity contribution in [3.8, 4) is 0 Å². The molecule has 0 radical (unpaired) electrons. The fourth-order valence-corrected chi connectivity index (χ4v) is 2.41. The van der Waals surface area contributed by atoms with Crippen LogP contribution in [0.4, 0.5) is 0 Å². The number of hydrogen-bond acceptors (Lipinski definition) is 3. The van der Waals surface area contributed by atoms with Crippen LogP contribution >= 0.6 is 11.6 Å². The molecule has 0 aliphatic carbocycles. The predicted molar refractivity (Wildman–Crippen MR) is 74.1 cm³/mol. The lowest BCUT2D eigenvalue weighted by Gasteiger charge is -2.32. The quantitative estimate of drug-likeness (QED) is 0.926. The van der Waals surface area contributed by atoms with Gasteiger partial charge in [0.1, 0.15) is 0 Å². The maximum atomic E-state index is 12.4. The van der Waals surface area contributed by atoms with E-state index in [2.05, 4.69) is 0 Å². The van der Waals surface area contributed by atoms with Crippen molar-refractivity contribution in [1.29, 1.82) is 0 Å². The topological polar surface area (TPSA) is 66.8 Å². The van der Waals surface area contributed by atoms with Gasteiger partial charge in [0.05, 0.1) is 29.7 Å². The molecule has 1 amide bonds. The number of amides is 1. The predicted octanol–water partition coefficient (Wildman–Crippen LogP) is 1.96. The van der Waals surface area contributed by atoms with Crippen LogP contribution in [-0.4, -0.2) is 47.7 Å². The van der Waals surface area contributed by atoms with Gasteiger partial charge in [-0.15, -0.1) is 0 Å². The Labute approximate surface area is 122 Å². The molecule has 5 nitrogen and oxygen atoms in total. The highest BCUT2D eigenvalue weighted by Gasteiger charge is 2.27. The first-order valence-electron chi connectivity index (χ1n) is 6.37. The fourth-order valence-electron chi connectivity index (χ4n) is 2.20. The molecule has 1 atom stereocenters. The lowest BCUT2D eigenvalue weighted by Crippen LogP contribution is -2.46. The minimum atomic E-state index is -0.933. The van der Waals surface area contributed by atoms with Gasteiger partial charge in [0, 0.05) is 13.1 Å². The Bertz CT molecular complexity index is 532. The second kappa shape index (κ2) is 6.24. The smallest absolute Gasteiger partial charge is 0.306 e. The summed E-state index contributed by atoms with van der Waals surface area (Å²) in [5, 5.41) is 9.23. The molecule has 20 heavy (non-hydrogen) atoms. The highest BCUT2D eigenvalue weighted by molar-refractivity contribution is 6.34. The normalized spacial score (nSPS) is 18.9. The summed E-state index contributed by atoms with van der Waals surface area (Å²) in [4.78, 5) is 24.7. The minimum absolute atomic E-state index is 0.106. The van der Waals surface area contributed by atoms with Gasteiger partial charge in [0.15, 0.2) is 0 Å². The van der Waals surface area contributed by atoms with Crippen LogP contribution in [0.15, 0.2) is 18.2 Å². The van der Waals surface area contributed by atoms with E-state index in [0.29, 0.717) is 23.7 Å². The SMILES string of the molecule is Cc1cccc(C(=O)N2CCOC(CC(=O)O)C2)c1Cl. The fraction of sp³-hybridized carbons (Fsp3) is 0.429. The van der Waals surface area contributed by atoms with Crippen molar-refractivity contribution >= 4 is 23.5 Å². The Kier molecular flexibility index (Phi) is 4.62. The zero-order chi connectivity index (χ0) is 14.7. The van der Waals surface area contributed by atoms with Crippen molar-refractivity contribution in [3.63, 3.8) is 0 Å². The van der Waals surface area contributed by atoms with E-state index in [9.17, 15) is 9.59 Å². The molecule has 1 N–H and O–H groups in total. The summed E-state index contributed by atoms with van der Waals surface area (Å²) >= 11 is 6.16. The lowest BCUT2D eigenvalue weighted by atomic mass is 10.1. The first kappa shape index (κ1) is 14.8. The highest BCUT2D eigenvalue weighted by Crippen LogP contribution is 2.23. The molecule has 108 valence electrons. The standard InChI is InChI=1S/C14H16ClNO4/c1-9-3-2-4-11(13(9)15)14(19)16-5-6-20-10(8-16)7-12(17)18/h2-4,10H,5-8H2,1H3,(H,17,18). The van der Waals surface area contributed by atoms with Crippen LogP contribution in [0, 0.1) is 6.92 Å². The second-order valence-corrected chi connectivity index (χ2v) is 5.16. The summed E-state index contributed by atoms with van der Waals surface area (Å²) in [6.07, 6.45) is -0.570. The number of carbonyl (C=O) groups is 2. The molecule has 1 fully saturated rings. The Morgan fingerprint density at radius 2 is 2.25 bits per heavy atom. The average molecular weight is 298 g/mol. The molecule has 1 aliphatic heterocycles. The number of rotatable bonds is 3. The molecule has 0 aromatic heterocycles. The van der Waals surface area contributed by atoms with E-state index in [4.69, 9.17) is 21.4 Å². The summed E-state index contributed by atoms with van der Waals surface area (Å²) in [5.74, 6) is -1.12. The number of carboxylic acid groups (broad SMARTS) is 1. The van der Waals surface area contributed by atoms with Crippen LogP contribution in [-0.2, 0) is 9.53 Å². The first-order valence-corrected chi connectivity index (χ1v) is 6.74. The van der Waals surface area contributed by atoms with Crippen LogP contribution < -0.4 is 0 Å². The molecular formula is C14H16ClNO4. The molecule has 0 bridgehead atoms. The summed E-state index contributed by atoms with van der Waals surface area (Å²) in [6, 6.07) is 5.30. The minimum Gasteiger partial charge on any atom is -0.481 e. The lowest BCUT2D eigenvalue weighted by molar-refractivity contribution is -0.141. The van der Waals surface area contributed by atoms with Crippen LogP contribution in [0.5, 0.6) is 0 Å². The molecule has 1 saturated heterocycles. The van der Waals surface area contributed by atoms with Gasteiger partial charge in [-0.25, -0.2) is 0 Å². The van der Waals surface area contributed by atoms with E-state index in [1.165, 1.54) is 0 Å². The molecule has 1 aliphatic rings. The Balaban J connectivity index is 2.12. The molecule has 1 aromatic carbocycles. The van der Waals surface area contributed by atoms with Gasteiger partial charge >= 0.3 is 5.97 Å². The number of halogens is 1. The van der Waals surface area contributed by atoms with E-state index < -0.39 is 12.1 Å². The Morgan fingerprint density at radius 1 is 1.50 bits per heavy atom. The molecule has 1 aromatic rings. The molecule has 2 rings (SSSR count). The van der Waals surface area contributed by atoms with E-state index in [1.54, 1.807) is 17.0 Å². The summed E-state index contributed by atoms with van der Waals surface area (Å²) in [6.45, 7) is 2.90. The van der Waals surface area contributed by atoms with Crippen molar-refractivity contribution in [2.45, 2.75) is 19.4 Å². The largest absolute Gasteiger partial charge is 0.481 e. The summed E-state index contributed by atoms with van der Waals surface area (Å²) in [7, 11) is 0. The van der Waals surface area contributed by atoms with Crippen LogP contribution in [0.2, 0.25) is 5.02 Å². The zero-order valence-electron chi connectivity index (χ0n) is 11.1. The van der Waals surface area contributed by atoms with E-state index >= 15 is 0 Å². The number of nitrogens with zero attached hydrogens (tertiary/aromatic N) is 1. The number of carbonyl (C=O) groups excluding carboxylic acids is 1. The van der Waals surface area contributed by atoms with Crippen LogP contribution in [0.1, 0.15) is 22.3 Å². The van der Waals surface area contributed by atoms with Crippen molar-refractivity contribution in [1.82, 2.24) is 4.90 Å². The van der Waals surface area contributed by atoms with Crippen molar-refractivity contribution < 1.29 is 19.4 Å². The van der Waals surface area contributed by atoms with Crippen LogP contribution in [0.25, 0.3) is 0 Å². The number of morpholine rings is 1. The van der Waals surface area contributed by atoms with Gasteiger partial charge in [-0.3, -0.25) is 9.59 Å². The highest BCUT2D eigenvalue weighted by atomic mass is 35.5. The number of ether oxygens (including phenoxy) is 1. The van der Waals surface area contributed by atoms with E-state index in [0.717, 1.165) is 5.56 Å². The van der Waals surface area contributed by atoms with Gasteiger partial charge in [-0.2, -0.15) is 0 Å². The van der Waals surface area contributed by atoms with Gasteiger partial charge in [0.2, 0.25) is 0 Å². The van der Waals surface area contributed by atoms with E-state index in [1.807, 2.05) is 13.0 Å². The Hall–Kier alpha value is -1.59. The molecule has 0 spiro atoms. The second-order valence-electron chi connectivity index (χ2n) is 4.78. The van der Waals surface area contributed by atoms with Gasteiger partial charge in [0.25, 0.3) is 5.91 Å². The third-order valence-electron chi connectivity index (χ3n) is 3.25. The molecule has 6 heteroatoms. The monoisotopic (exact) mass is 297 g/mol. The number of aryl methyl sites for hydroxylation is 1. The third-order valence-corrected chi connectivity index (χ3v) is 3.75. The summed E-state index contributed by atoms with van der Waals surface area (Å²) in [5.41, 5.74) is 1.29. The maximum Gasteiger partial charge on any atom is 0.306 e. The van der Waals surface area contributed by atoms with Crippen molar-refractivity contribution in [2.75, 3.05) is 19.7 Å². The van der Waals surface area contributed by atoms with Gasteiger partial charge in [-0.05, 0) is 18.6 Å². The number of carboxylic acids is 1. The molecule has 0 saturated carbocycles. The summed E-state index contributed by atoms with van der Waals surface area (Å²) < 4.78 is 5.35. The third kappa shape index (κ3) is 3.29. The Morgan fingerprint density at radius 3 is 2.95 bits per heavy atom. The zero-order valence-corrected chi connectivity index (χ0v) is 11.9. The molecule has 1 heterocycles. The molecule has 1 unspecified atom stereocenters. The average Bonchev–Trinajstić information content (AvgIpc) is 2.41. The molecular weight excluding hydrogens is 282 g/mol. The first-order chi connectivity index (χ1) is 9.49. The maximum absolute atomic E-state index is 12.4.